The van der Waals surface area contributed by atoms with Crippen LogP contribution in [0.25, 0.3) is 0 Å². The van der Waals surface area contributed by atoms with Crippen molar-refractivity contribution < 1.29 is 17.5 Å². The summed E-state index contributed by atoms with van der Waals surface area (Å²) in [6.07, 6.45) is 1.37. The van der Waals surface area contributed by atoms with E-state index in [2.05, 4.69) is 4.72 Å². The Kier molecular flexibility index (Phi) is 4.09. The first-order valence-corrected chi connectivity index (χ1v) is 7.67. The van der Waals surface area contributed by atoms with E-state index in [4.69, 9.17) is 10.00 Å². The first-order chi connectivity index (χ1) is 9.38. The Hall–Kier alpha value is -1.49. The van der Waals surface area contributed by atoms with Crippen molar-refractivity contribution in [1.29, 1.82) is 5.26 Å². The predicted molar refractivity (Wildman–Crippen MR) is 69.9 cm³/mol. The third kappa shape index (κ3) is 2.98. The maximum absolute atomic E-state index is 13.5. The average Bonchev–Trinajstić information content (AvgIpc) is 2.38. The molecule has 1 unspecified atom stereocenters. The summed E-state index contributed by atoms with van der Waals surface area (Å²) in [5.41, 5.74) is -1.21. The second-order valence-corrected chi connectivity index (χ2v) is 6.70. The second-order valence-electron chi connectivity index (χ2n) is 5.05. The zero-order valence-electron chi connectivity index (χ0n) is 11.0. The summed E-state index contributed by atoms with van der Waals surface area (Å²) in [5.74, 6) is -0.847. The molecule has 5 nitrogen and oxygen atoms in total. The van der Waals surface area contributed by atoms with Crippen molar-refractivity contribution in [2.75, 3.05) is 13.2 Å². The van der Waals surface area contributed by atoms with Crippen LogP contribution >= 0.6 is 0 Å². The van der Waals surface area contributed by atoms with Crippen molar-refractivity contribution in [3.05, 3.63) is 29.6 Å². The molecule has 0 aromatic heterocycles. The van der Waals surface area contributed by atoms with Crippen LogP contribution in [0, 0.1) is 17.1 Å². The number of nitrogens with zero attached hydrogens (tertiary/aromatic N) is 1. The zero-order valence-corrected chi connectivity index (χ0v) is 11.8. The van der Waals surface area contributed by atoms with Crippen LogP contribution in [0.1, 0.15) is 25.3 Å². The molecule has 1 aromatic carbocycles. The minimum Gasteiger partial charge on any atom is -0.380 e. The van der Waals surface area contributed by atoms with Gasteiger partial charge in [0.05, 0.1) is 12.1 Å². The molecule has 0 amide bonds. The van der Waals surface area contributed by atoms with Crippen LogP contribution in [0.5, 0.6) is 0 Å². The van der Waals surface area contributed by atoms with Gasteiger partial charge in [-0.3, -0.25) is 0 Å². The highest BCUT2D eigenvalue weighted by molar-refractivity contribution is 7.89. The molecule has 1 heterocycles. The molecule has 1 aliphatic heterocycles. The number of hydrogen-bond donors (Lipinski definition) is 1. The highest BCUT2D eigenvalue weighted by Gasteiger charge is 2.34. The van der Waals surface area contributed by atoms with Gasteiger partial charge in [0.1, 0.15) is 22.3 Å². The lowest BCUT2D eigenvalue weighted by atomic mass is 9.97. The summed E-state index contributed by atoms with van der Waals surface area (Å²) in [6.45, 7) is 2.58. The molecular formula is C13H15FN2O3S. The van der Waals surface area contributed by atoms with Gasteiger partial charge in [-0.2, -0.15) is 5.26 Å². The topological polar surface area (TPSA) is 79.2 Å². The van der Waals surface area contributed by atoms with Gasteiger partial charge >= 0.3 is 0 Å². The van der Waals surface area contributed by atoms with E-state index in [-0.39, 0.29) is 11.5 Å². The molecule has 1 aromatic rings. The largest absolute Gasteiger partial charge is 0.380 e. The molecular weight excluding hydrogens is 283 g/mol. The quantitative estimate of drug-likeness (QED) is 0.918. The van der Waals surface area contributed by atoms with Gasteiger partial charge in [0.25, 0.3) is 0 Å². The van der Waals surface area contributed by atoms with Gasteiger partial charge in [-0.15, -0.1) is 0 Å². The maximum Gasteiger partial charge on any atom is 0.242 e. The summed E-state index contributed by atoms with van der Waals surface area (Å²) >= 11 is 0. The van der Waals surface area contributed by atoms with Crippen LogP contribution in [0.15, 0.2) is 23.1 Å². The summed E-state index contributed by atoms with van der Waals surface area (Å²) in [6, 6.07) is 5.14. The molecule has 0 bridgehead atoms. The van der Waals surface area contributed by atoms with Gasteiger partial charge < -0.3 is 4.74 Å². The van der Waals surface area contributed by atoms with Crippen LogP contribution in [-0.2, 0) is 14.8 Å². The van der Waals surface area contributed by atoms with E-state index in [1.807, 2.05) is 0 Å². The van der Waals surface area contributed by atoms with Gasteiger partial charge in [0.15, 0.2) is 0 Å². The van der Waals surface area contributed by atoms with Crippen LogP contribution in [0.3, 0.4) is 0 Å². The standard InChI is InChI=1S/C13H15FN2O3S/c1-13(6-3-7-19-9-13)16-20(17,18)12-5-2-4-11(14)10(12)8-15/h2,4-5,16H,3,6-7,9H2,1H3. The molecule has 0 radical (unpaired) electrons. The predicted octanol–water partition coefficient (Wildman–Crippen LogP) is 1.54. The number of nitrogens with one attached hydrogen (secondary N) is 1. The summed E-state index contributed by atoms with van der Waals surface area (Å²) in [5, 5.41) is 8.93. The average molecular weight is 298 g/mol. The smallest absolute Gasteiger partial charge is 0.242 e. The third-order valence-electron chi connectivity index (χ3n) is 3.20. The number of rotatable bonds is 3. The number of halogens is 1. The zero-order chi connectivity index (χ0) is 14.8. The summed E-state index contributed by atoms with van der Waals surface area (Å²) in [7, 11) is -3.98. The Morgan fingerprint density at radius 2 is 2.25 bits per heavy atom. The highest BCUT2D eigenvalue weighted by atomic mass is 32.2. The molecule has 0 spiro atoms. The molecule has 7 heteroatoms. The Labute approximate surface area is 117 Å². The molecule has 1 fully saturated rings. The van der Waals surface area contributed by atoms with E-state index in [0.29, 0.717) is 13.0 Å². The number of ether oxygens (including phenoxy) is 1. The number of hydrogen-bond acceptors (Lipinski definition) is 4. The molecule has 0 aliphatic carbocycles. The van der Waals surface area contributed by atoms with Gasteiger partial charge in [0.2, 0.25) is 10.0 Å². The number of benzene rings is 1. The van der Waals surface area contributed by atoms with Crippen molar-refractivity contribution in [3.8, 4) is 6.07 Å². The van der Waals surface area contributed by atoms with E-state index in [0.717, 1.165) is 12.5 Å². The Morgan fingerprint density at radius 3 is 2.85 bits per heavy atom. The van der Waals surface area contributed by atoms with Crippen molar-refractivity contribution in [3.63, 3.8) is 0 Å². The molecule has 0 saturated carbocycles. The molecule has 1 aliphatic rings. The van der Waals surface area contributed by atoms with Gasteiger partial charge in [-0.05, 0) is 31.9 Å². The normalized spacial score (nSPS) is 23.2. The fourth-order valence-corrected chi connectivity index (χ4v) is 3.82. The van der Waals surface area contributed by atoms with Crippen molar-refractivity contribution in [1.82, 2.24) is 4.72 Å². The van der Waals surface area contributed by atoms with Gasteiger partial charge in [0, 0.05) is 6.61 Å². The Bertz CT molecular complexity index is 646. The van der Waals surface area contributed by atoms with Crippen LogP contribution in [0.4, 0.5) is 4.39 Å². The van der Waals surface area contributed by atoms with E-state index >= 15 is 0 Å². The molecule has 1 N–H and O–H groups in total. The molecule has 20 heavy (non-hydrogen) atoms. The Morgan fingerprint density at radius 1 is 1.50 bits per heavy atom. The molecule has 2 rings (SSSR count). The van der Waals surface area contributed by atoms with E-state index in [9.17, 15) is 12.8 Å². The van der Waals surface area contributed by atoms with Crippen molar-refractivity contribution in [2.45, 2.75) is 30.2 Å². The summed E-state index contributed by atoms with van der Waals surface area (Å²) in [4.78, 5) is -0.341. The van der Waals surface area contributed by atoms with E-state index in [1.54, 1.807) is 13.0 Å². The van der Waals surface area contributed by atoms with Gasteiger partial charge in [-0.25, -0.2) is 17.5 Å². The third-order valence-corrected chi connectivity index (χ3v) is 4.88. The fourth-order valence-electron chi connectivity index (χ4n) is 2.23. The Balaban J connectivity index is 2.36. The number of sulfonamides is 1. The van der Waals surface area contributed by atoms with Crippen molar-refractivity contribution >= 4 is 10.0 Å². The van der Waals surface area contributed by atoms with Crippen LogP contribution in [-0.4, -0.2) is 27.2 Å². The molecule has 1 atom stereocenters. The maximum atomic E-state index is 13.5. The second kappa shape index (κ2) is 5.48. The minimum absolute atomic E-state index is 0.253. The SMILES string of the molecule is CC1(NS(=O)(=O)c2cccc(F)c2C#N)CCCOC1. The first kappa shape index (κ1) is 14.9. The number of nitriles is 1. The van der Waals surface area contributed by atoms with Crippen molar-refractivity contribution in [2.24, 2.45) is 0 Å². The lowest BCUT2D eigenvalue weighted by Crippen LogP contribution is -2.51. The molecule has 108 valence electrons. The van der Waals surface area contributed by atoms with Crippen LogP contribution in [0.2, 0.25) is 0 Å². The lowest BCUT2D eigenvalue weighted by Gasteiger charge is -2.33. The fraction of sp³-hybridized carbons (Fsp3) is 0.462. The summed E-state index contributed by atoms with van der Waals surface area (Å²) < 4.78 is 46.0. The van der Waals surface area contributed by atoms with Crippen LogP contribution < -0.4 is 4.72 Å². The highest BCUT2D eigenvalue weighted by Crippen LogP contribution is 2.24. The lowest BCUT2D eigenvalue weighted by molar-refractivity contribution is 0.0386. The minimum atomic E-state index is -3.98. The van der Waals surface area contributed by atoms with E-state index in [1.165, 1.54) is 12.1 Å². The van der Waals surface area contributed by atoms with Gasteiger partial charge in [-0.1, -0.05) is 6.07 Å². The monoisotopic (exact) mass is 298 g/mol. The first-order valence-electron chi connectivity index (χ1n) is 6.18. The van der Waals surface area contributed by atoms with E-state index < -0.39 is 26.9 Å². The molecule has 1 saturated heterocycles.